The van der Waals surface area contributed by atoms with Crippen LogP contribution < -0.4 is 10.2 Å². The zero-order chi connectivity index (χ0) is 14.0. The summed E-state index contributed by atoms with van der Waals surface area (Å²) >= 11 is 0. The van der Waals surface area contributed by atoms with Gasteiger partial charge in [-0.3, -0.25) is 9.59 Å². The SMILES string of the molecule is CCC(=O)N[C@H]1CC(=O)N(c2ccc(C)c(C)c2)C1. The van der Waals surface area contributed by atoms with Gasteiger partial charge in [-0.25, -0.2) is 0 Å². The molecule has 4 nitrogen and oxygen atoms in total. The highest BCUT2D eigenvalue weighted by atomic mass is 16.2. The fourth-order valence-electron chi connectivity index (χ4n) is 2.28. The van der Waals surface area contributed by atoms with Crippen LogP contribution in [0.2, 0.25) is 0 Å². The minimum absolute atomic E-state index is 0.000244. The van der Waals surface area contributed by atoms with Gasteiger partial charge in [-0.15, -0.1) is 0 Å². The van der Waals surface area contributed by atoms with Gasteiger partial charge < -0.3 is 10.2 Å². The maximum Gasteiger partial charge on any atom is 0.229 e. The van der Waals surface area contributed by atoms with Gasteiger partial charge >= 0.3 is 0 Å². The van der Waals surface area contributed by atoms with E-state index in [0.717, 1.165) is 5.69 Å². The minimum atomic E-state index is -0.0680. The smallest absolute Gasteiger partial charge is 0.229 e. The van der Waals surface area contributed by atoms with Crippen molar-refractivity contribution < 1.29 is 9.59 Å². The average Bonchev–Trinajstić information content (AvgIpc) is 2.73. The maximum atomic E-state index is 12.0. The van der Waals surface area contributed by atoms with Crippen molar-refractivity contribution in [2.45, 2.75) is 39.7 Å². The zero-order valence-electron chi connectivity index (χ0n) is 11.7. The molecule has 2 amide bonds. The van der Waals surface area contributed by atoms with Crippen LogP contribution in [0.4, 0.5) is 5.69 Å². The number of nitrogens with zero attached hydrogens (tertiary/aromatic N) is 1. The number of hydrogen-bond donors (Lipinski definition) is 1. The van der Waals surface area contributed by atoms with Crippen LogP contribution in [0, 0.1) is 13.8 Å². The van der Waals surface area contributed by atoms with Crippen LogP contribution >= 0.6 is 0 Å². The maximum absolute atomic E-state index is 12.0. The van der Waals surface area contributed by atoms with Gasteiger partial charge in [-0.1, -0.05) is 13.0 Å². The Balaban J connectivity index is 2.11. The second kappa shape index (κ2) is 5.43. The summed E-state index contributed by atoms with van der Waals surface area (Å²) in [5.41, 5.74) is 3.30. The summed E-state index contributed by atoms with van der Waals surface area (Å²) in [6.45, 7) is 6.46. The molecule has 19 heavy (non-hydrogen) atoms. The van der Waals surface area contributed by atoms with Crippen LogP contribution in [0.15, 0.2) is 18.2 Å². The highest BCUT2D eigenvalue weighted by molar-refractivity contribution is 5.97. The van der Waals surface area contributed by atoms with E-state index < -0.39 is 0 Å². The molecule has 0 aliphatic carbocycles. The molecule has 1 aromatic carbocycles. The van der Waals surface area contributed by atoms with Gasteiger partial charge in [0, 0.05) is 25.1 Å². The monoisotopic (exact) mass is 260 g/mol. The van der Waals surface area contributed by atoms with Crippen molar-refractivity contribution in [3.63, 3.8) is 0 Å². The number of carbonyl (C=O) groups excluding carboxylic acids is 2. The first-order valence-electron chi connectivity index (χ1n) is 6.68. The Labute approximate surface area is 113 Å². The molecule has 2 rings (SSSR count). The molecule has 1 aliphatic heterocycles. The molecule has 102 valence electrons. The van der Waals surface area contributed by atoms with Gasteiger partial charge in [0.25, 0.3) is 0 Å². The van der Waals surface area contributed by atoms with E-state index in [1.807, 2.05) is 32.0 Å². The fourth-order valence-corrected chi connectivity index (χ4v) is 2.28. The lowest BCUT2D eigenvalue weighted by atomic mass is 10.1. The Morgan fingerprint density at radius 3 is 2.74 bits per heavy atom. The lowest BCUT2D eigenvalue weighted by molar-refractivity contribution is -0.121. The minimum Gasteiger partial charge on any atom is -0.351 e. The molecule has 1 N–H and O–H groups in total. The van der Waals surface area contributed by atoms with E-state index in [0.29, 0.717) is 19.4 Å². The third kappa shape index (κ3) is 2.95. The second-order valence-corrected chi connectivity index (χ2v) is 5.10. The number of amides is 2. The van der Waals surface area contributed by atoms with Crippen molar-refractivity contribution in [1.29, 1.82) is 0 Å². The number of rotatable bonds is 3. The second-order valence-electron chi connectivity index (χ2n) is 5.10. The molecular formula is C15H20N2O2. The van der Waals surface area contributed by atoms with Crippen LogP contribution in [0.1, 0.15) is 30.9 Å². The van der Waals surface area contributed by atoms with Crippen LogP contribution in [0.3, 0.4) is 0 Å². The summed E-state index contributed by atoms with van der Waals surface area (Å²) in [7, 11) is 0. The molecule has 1 fully saturated rings. The van der Waals surface area contributed by atoms with E-state index in [1.54, 1.807) is 4.90 Å². The number of benzene rings is 1. The van der Waals surface area contributed by atoms with Crippen molar-refractivity contribution in [3.8, 4) is 0 Å². The summed E-state index contributed by atoms with van der Waals surface area (Å²) in [6, 6.07) is 5.94. The molecule has 0 spiro atoms. The van der Waals surface area contributed by atoms with E-state index in [-0.39, 0.29) is 17.9 Å². The van der Waals surface area contributed by atoms with Crippen LogP contribution in [-0.4, -0.2) is 24.4 Å². The Hall–Kier alpha value is -1.84. The lowest BCUT2D eigenvalue weighted by Gasteiger charge is -2.18. The van der Waals surface area contributed by atoms with Gasteiger partial charge in [0.15, 0.2) is 0 Å². The quantitative estimate of drug-likeness (QED) is 0.903. The number of nitrogens with one attached hydrogen (secondary N) is 1. The van der Waals surface area contributed by atoms with Gasteiger partial charge in [0.1, 0.15) is 0 Å². The average molecular weight is 260 g/mol. The summed E-state index contributed by atoms with van der Waals surface area (Å²) < 4.78 is 0. The summed E-state index contributed by atoms with van der Waals surface area (Å²) in [5.74, 6) is 0.0735. The van der Waals surface area contributed by atoms with Crippen LogP contribution in [-0.2, 0) is 9.59 Å². The van der Waals surface area contributed by atoms with Crippen molar-refractivity contribution in [3.05, 3.63) is 29.3 Å². The molecular weight excluding hydrogens is 240 g/mol. The largest absolute Gasteiger partial charge is 0.351 e. The first-order valence-corrected chi connectivity index (χ1v) is 6.68. The summed E-state index contributed by atoms with van der Waals surface area (Å²) in [6.07, 6.45) is 0.840. The summed E-state index contributed by atoms with van der Waals surface area (Å²) in [5, 5.41) is 2.88. The van der Waals surface area contributed by atoms with Gasteiger partial charge in [0.2, 0.25) is 11.8 Å². The normalized spacial score (nSPS) is 18.8. The number of anilines is 1. The molecule has 1 saturated heterocycles. The van der Waals surface area contributed by atoms with Gasteiger partial charge in [-0.05, 0) is 37.1 Å². The van der Waals surface area contributed by atoms with Crippen molar-refractivity contribution in [2.24, 2.45) is 0 Å². The predicted octanol–water partition coefficient (Wildman–Crippen LogP) is 1.93. The molecule has 0 bridgehead atoms. The van der Waals surface area contributed by atoms with Crippen molar-refractivity contribution in [1.82, 2.24) is 5.32 Å². The lowest BCUT2D eigenvalue weighted by Crippen LogP contribution is -2.36. The number of aryl methyl sites for hydroxylation is 2. The third-order valence-electron chi connectivity index (χ3n) is 3.61. The highest BCUT2D eigenvalue weighted by Gasteiger charge is 2.31. The van der Waals surface area contributed by atoms with Crippen LogP contribution in [0.5, 0.6) is 0 Å². The summed E-state index contributed by atoms with van der Waals surface area (Å²) in [4.78, 5) is 25.2. The van der Waals surface area contributed by atoms with E-state index in [4.69, 9.17) is 0 Å². The van der Waals surface area contributed by atoms with E-state index in [9.17, 15) is 9.59 Å². The molecule has 4 heteroatoms. The van der Waals surface area contributed by atoms with E-state index >= 15 is 0 Å². The zero-order valence-corrected chi connectivity index (χ0v) is 11.7. The third-order valence-corrected chi connectivity index (χ3v) is 3.61. The first kappa shape index (κ1) is 13.6. The van der Waals surface area contributed by atoms with Crippen molar-refractivity contribution in [2.75, 3.05) is 11.4 Å². The Bertz CT molecular complexity index is 511. The Morgan fingerprint density at radius 1 is 1.37 bits per heavy atom. The predicted molar refractivity (Wildman–Crippen MR) is 75.1 cm³/mol. The molecule has 1 heterocycles. The molecule has 0 aromatic heterocycles. The van der Waals surface area contributed by atoms with E-state index in [2.05, 4.69) is 12.2 Å². The highest BCUT2D eigenvalue weighted by Crippen LogP contribution is 2.24. The first-order chi connectivity index (χ1) is 9.01. The topological polar surface area (TPSA) is 49.4 Å². The van der Waals surface area contributed by atoms with Crippen LogP contribution in [0.25, 0.3) is 0 Å². The molecule has 0 unspecified atom stereocenters. The number of hydrogen-bond acceptors (Lipinski definition) is 2. The molecule has 1 atom stereocenters. The van der Waals surface area contributed by atoms with E-state index in [1.165, 1.54) is 11.1 Å². The standard InChI is InChI=1S/C15H20N2O2/c1-4-14(18)16-12-8-15(19)17(9-12)13-6-5-10(2)11(3)7-13/h5-7,12H,4,8-9H2,1-3H3,(H,16,18)/t12-/m0/s1. The van der Waals surface area contributed by atoms with Gasteiger partial charge in [-0.2, -0.15) is 0 Å². The molecule has 0 saturated carbocycles. The Kier molecular flexibility index (Phi) is 3.88. The fraction of sp³-hybridized carbons (Fsp3) is 0.467. The molecule has 0 radical (unpaired) electrons. The van der Waals surface area contributed by atoms with Gasteiger partial charge in [0.05, 0.1) is 6.04 Å². The Morgan fingerprint density at radius 2 is 2.11 bits per heavy atom. The molecule has 1 aromatic rings. The number of carbonyl (C=O) groups is 2. The van der Waals surface area contributed by atoms with Crippen molar-refractivity contribution >= 4 is 17.5 Å². The molecule has 1 aliphatic rings.